The van der Waals surface area contributed by atoms with Gasteiger partial charge in [-0.05, 0) is 44.0 Å². The topological polar surface area (TPSA) is 62.2 Å². The molecule has 1 amide bonds. The summed E-state index contributed by atoms with van der Waals surface area (Å²) in [6.07, 6.45) is 1.72. The van der Waals surface area contributed by atoms with E-state index in [0.29, 0.717) is 13.2 Å². The Bertz CT molecular complexity index is 607. The summed E-state index contributed by atoms with van der Waals surface area (Å²) in [4.78, 5) is 15.7. The maximum Gasteiger partial charge on any atom is 0.410 e. The molecule has 1 N–H and O–H groups in total. The minimum Gasteiger partial charge on any atom is -0.494 e. The minimum absolute atomic E-state index is 0.0322. The molecule has 6 heteroatoms. The van der Waals surface area contributed by atoms with Crippen molar-refractivity contribution in [3.63, 3.8) is 0 Å². The number of likely N-dealkylation sites (tertiary alicyclic amines) is 1. The summed E-state index contributed by atoms with van der Waals surface area (Å²) < 4.78 is 11.2. The Morgan fingerprint density at radius 1 is 1.38 bits per heavy atom. The smallest absolute Gasteiger partial charge is 0.410 e. The van der Waals surface area contributed by atoms with Crippen molar-refractivity contribution < 1.29 is 19.4 Å². The number of benzene rings is 1. The maximum absolute atomic E-state index is 11.7. The number of hydrogen-bond acceptors (Lipinski definition) is 5. The number of nitrogens with zero attached hydrogens (tertiary/aromatic N) is 2. The van der Waals surface area contributed by atoms with Crippen molar-refractivity contribution in [3.05, 3.63) is 29.3 Å². The van der Waals surface area contributed by atoms with Gasteiger partial charge in [0.25, 0.3) is 0 Å². The normalized spacial score (nSPS) is 24.5. The summed E-state index contributed by atoms with van der Waals surface area (Å²) in [7, 11) is 1.79. The zero-order chi connectivity index (χ0) is 17.2. The molecule has 2 heterocycles. The lowest BCUT2D eigenvalue weighted by molar-refractivity contribution is -0.0113. The number of aliphatic hydroxyl groups is 1. The fraction of sp³-hybridized carbons (Fsp3) is 0.611. The van der Waals surface area contributed by atoms with Crippen LogP contribution in [0.3, 0.4) is 0 Å². The van der Waals surface area contributed by atoms with Crippen molar-refractivity contribution in [1.82, 2.24) is 9.80 Å². The van der Waals surface area contributed by atoms with Crippen LogP contribution in [0.5, 0.6) is 5.75 Å². The zero-order valence-electron chi connectivity index (χ0n) is 14.5. The second-order valence-electron chi connectivity index (χ2n) is 6.75. The van der Waals surface area contributed by atoms with Gasteiger partial charge in [-0.25, -0.2) is 4.79 Å². The van der Waals surface area contributed by atoms with Crippen LogP contribution in [0.25, 0.3) is 0 Å². The number of hydrogen-bond donors (Lipinski definition) is 1. The van der Waals surface area contributed by atoms with E-state index in [1.165, 1.54) is 0 Å². The predicted molar refractivity (Wildman–Crippen MR) is 89.9 cm³/mol. The second kappa shape index (κ2) is 6.99. The van der Waals surface area contributed by atoms with E-state index in [4.69, 9.17) is 9.47 Å². The van der Waals surface area contributed by atoms with E-state index in [0.717, 1.165) is 49.4 Å². The molecule has 0 radical (unpaired) electrons. The Morgan fingerprint density at radius 2 is 2.21 bits per heavy atom. The average molecular weight is 334 g/mol. The summed E-state index contributed by atoms with van der Waals surface area (Å²) >= 11 is 0. The summed E-state index contributed by atoms with van der Waals surface area (Å²) in [6, 6.07) is 5.96. The molecule has 1 atom stereocenters. The Balaban J connectivity index is 1.68. The molecule has 6 nitrogen and oxygen atoms in total. The summed E-state index contributed by atoms with van der Waals surface area (Å²) in [6.45, 7) is 5.67. The fourth-order valence-electron chi connectivity index (χ4n) is 3.74. The Labute approximate surface area is 143 Å². The quantitative estimate of drug-likeness (QED) is 0.892. The number of amides is 1. The third-order valence-corrected chi connectivity index (χ3v) is 4.76. The number of aliphatic hydroxyl groups excluding tert-OH is 1. The summed E-state index contributed by atoms with van der Waals surface area (Å²) in [5.41, 5.74) is 1.58. The highest BCUT2D eigenvalue weighted by Crippen LogP contribution is 2.32. The highest BCUT2D eigenvalue weighted by atomic mass is 16.6. The van der Waals surface area contributed by atoms with E-state index >= 15 is 0 Å². The van der Waals surface area contributed by atoms with Crippen LogP contribution < -0.4 is 4.74 Å². The number of rotatable bonds is 5. The van der Waals surface area contributed by atoms with Crippen LogP contribution in [0.1, 0.15) is 30.9 Å². The number of carbonyl (C=O) groups excluding carboxylic acids is 1. The molecule has 0 bridgehead atoms. The van der Waals surface area contributed by atoms with Crippen LogP contribution in [0.2, 0.25) is 0 Å². The largest absolute Gasteiger partial charge is 0.494 e. The monoisotopic (exact) mass is 334 g/mol. The lowest BCUT2D eigenvalue weighted by Crippen LogP contribution is -2.50. The Kier molecular flexibility index (Phi) is 4.96. The number of likely N-dealkylation sites (N-methyl/N-ethyl adjacent to an activating group) is 1. The molecule has 2 fully saturated rings. The molecule has 0 aliphatic carbocycles. The molecule has 2 saturated heterocycles. The first-order chi connectivity index (χ1) is 11.5. The van der Waals surface area contributed by atoms with Gasteiger partial charge < -0.3 is 19.5 Å². The first-order valence-electron chi connectivity index (χ1n) is 8.57. The van der Waals surface area contributed by atoms with Crippen LogP contribution in [-0.2, 0) is 17.9 Å². The standard InChI is InChI=1S/C18H26N2O4/c1-3-23-16-6-5-14(9-15(16)11-21)10-20-8-4-7-18(13-20)12-19(2)17(22)24-18/h5-6,9,21H,3-4,7-8,10-13H2,1-2H3/t18-/m1/s1. The molecule has 0 saturated carbocycles. The number of ether oxygens (including phenoxy) is 2. The van der Waals surface area contributed by atoms with E-state index in [-0.39, 0.29) is 18.3 Å². The van der Waals surface area contributed by atoms with Crippen LogP contribution in [-0.4, -0.2) is 59.9 Å². The van der Waals surface area contributed by atoms with Gasteiger partial charge in [-0.15, -0.1) is 0 Å². The van der Waals surface area contributed by atoms with E-state index in [2.05, 4.69) is 4.90 Å². The maximum atomic E-state index is 11.7. The van der Waals surface area contributed by atoms with Gasteiger partial charge in [-0.3, -0.25) is 4.90 Å². The minimum atomic E-state index is -0.366. The summed E-state index contributed by atoms with van der Waals surface area (Å²) in [5.74, 6) is 0.741. The van der Waals surface area contributed by atoms with E-state index in [1.54, 1.807) is 11.9 Å². The van der Waals surface area contributed by atoms with E-state index in [1.807, 2.05) is 25.1 Å². The number of piperidine rings is 1. The van der Waals surface area contributed by atoms with Gasteiger partial charge in [0, 0.05) is 25.7 Å². The van der Waals surface area contributed by atoms with Gasteiger partial charge >= 0.3 is 6.09 Å². The molecule has 1 spiro atoms. The average Bonchev–Trinajstić information content (AvgIpc) is 2.82. The van der Waals surface area contributed by atoms with Gasteiger partial charge in [0.05, 0.1) is 19.8 Å². The molecule has 1 aromatic rings. The predicted octanol–water partition coefficient (Wildman–Crippen LogP) is 1.99. The molecule has 132 valence electrons. The van der Waals surface area contributed by atoms with Crippen molar-refractivity contribution in [2.24, 2.45) is 0 Å². The lowest BCUT2D eigenvalue weighted by atomic mass is 9.92. The highest BCUT2D eigenvalue weighted by molar-refractivity contribution is 5.70. The zero-order valence-corrected chi connectivity index (χ0v) is 14.5. The van der Waals surface area contributed by atoms with Crippen molar-refractivity contribution in [3.8, 4) is 5.75 Å². The van der Waals surface area contributed by atoms with Crippen LogP contribution >= 0.6 is 0 Å². The molecule has 0 aromatic heterocycles. The van der Waals surface area contributed by atoms with Gasteiger partial charge in [-0.1, -0.05) is 6.07 Å². The fourth-order valence-corrected chi connectivity index (χ4v) is 3.74. The molecular formula is C18H26N2O4. The third-order valence-electron chi connectivity index (χ3n) is 4.76. The van der Waals surface area contributed by atoms with Crippen molar-refractivity contribution in [1.29, 1.82) is 0 Å². The molecule has 24 heavy (non-hydrogen) atoms. The van der Waals surface area contributed by atoms with Crippen molar-refractivity contribution in [2.45, 2.75) is 38.5 Å². The molecular weight excluding hydrogens is 308 g/mol. The molecule has 0 unspecified atom stereocenters. The van der Waals surface area contributed by atoms with Gasteiger partial charge in [-0.2, -0.15) is 0 Å². The molecule has 2 aliphatic rings. The third kappa shape index (κ3) is 3.49. The van der Waals surface area contributed by atoms with Crippen LogP contribution in [0.15, 0.2) is 18.2 Å². The van der Waals surface area contributed by atoms with Gasteiger partial charge in [0.15, 0.2) is 0 Å². The highest BCUT2D eigenvalue weighted by Gasteiger charge is 2.46. The molecule has 2 aliphatic heterocycles. The van der Waals surface area contributed by atoms with Crippen molar-refractivity contribution >= 4 is 6.09 Å². The first-order valence-corrected chi connectivity index (χ1v) is 8.57. The Morgan fingerprint density at radius 3 is 2.88 bits per heavy atom. The van der Waals surface area contributed by atoms with E-state index in [9.17, 15) is 9.90 Å². The van der Waals surface area contributed by atoms with Gasteiger partial charge in [0.2, 0.25) is 0 Å². The van der Waals surface area contributed by atoms with Gasteiger partial charge in [0.1, 0.15) is 11.4 Å². The summed E-state index contributed by atoms with van der Waals surface area (Å²) in [5, 5.41) is 9.54. The first kappa shape index (κ1) is 17.0. The number of carbonyl (C=O) groups is 1. The van der Waals surface area contributed by atoms with Crippen molar-refractivity contribution in [2.75, 3.05) is 33.3 Å². The second-order valence-corrected chi connectivity index (χ2v) is 6.75. The molecule has 1 aromatic carbocycles. The van der Waals surface area contributed by atoms with Crippen LogP contribution in [0, 0.1) is 0 Å². The SMILES string of the molecule is CCOc1ccc(CN2CCC[C@]3(C2)CN(C)C(=O)O3)cc1CO. The Hall–Kier alpha value is -1.79. The van der Waals surface area contributed by atoms with E-state index < -0.39 is 0 Å². The lowest BCUT2D eigenvalue weighted by Gasteiger charge is -2.38. The van der Waals surface area contributed by atoms with Crippen LogP contribution in [0.4, 0.5) is 4.79 Å². The molecule has 3 rings (SSSR count).